The third kappa shape index (κ3) is 6.15. The third-order valence-corrected chi connectivity index (χ3v) is 6.99. The molecule has 2 aromatic rings. The Kier molecular flexibility index (Phi) is 8.21. The predicted octanol–water partition coefficient (Wildman–Crippen LogP) is 2.18. The summed E-state index contributed by atoms with van der Waals surface area (Å²) in [7, 11) is 0. The van der Waals surface area contributed by atoms with Crippen molar-refractivity contribution in [3.05, 3.63) is 65.0 Å². The minimum Gasteiger partial charge on any atom is -0.426 e. The van der Waals surface area contributed by atoms with Gasteiger partial charge in [0, 0.05) is 44.7 Å². The summed E-state index contributed by atoms with van der Waals surface area (Å²) in [5, 5.41) is 2.86. The summed E-state index contributed by atoms with van der Waals surface area (Å²) in [6.07, 6.45) is -0.0930. The molecule has 2 unspecified atom stereocenters. The zero-order valence-electron chi connectivity index (χ0n) is 21.3. The number of carbonyl (C=O) groups is 3. The summed E-state index contributed by atoms with van der Waals surface area (Å²) in [5.74, 6) is -1.38. The van der Waals surface area contributed by atoms with Crippen LogP contribution in [0, 0.1) is 5.82 Å². The van der Waals surface area contributed by atoms with Crippen molar-refractivity contribution < 1.29 is 28.2 Å². The molecule has 3 N–H and O–H groups in total. The van der Waals surface area contributed by atoms with E-state index in [0.717, 1.165) is 5.56 Å². The Morgan fingerprint density at radius 1 is 1.14 bits per heavy atom. The van der Waals surface area contributed by atoms with Gasteiger partial charge < -0.3 is 20.5 Å². The highest BCUT2D eigenvalue weighted by Gasteiger charge is 2.40. The summed E-state index contributed by atoms with van der Waals surface area (Å²) in [6, 6.07) is 10.9. The molecule has 9 nitrogen and oxygen atoms in total. The van der Waals surface area contributed by atoms with Gasteiger partial charge in [0.15, 0.2) is 0 Å². The molecule has 1 saturated heterocycles. The molecule has 2 amide bonds. The lowest BCUT2D eigenvalue weighted by Crippen LogP contribution is -2.49. The first-order valence-electron chi connectivity index (χ1n) is 12.4. The van der Waals surface area contributed by atoms with Crippen LogP contribution in [0.15, 0.2) is 42.5 Å². The molecule has 0 saturated carbocycles. The second kappa shape index (κ2) is 11.4. The number of amides is 2. The molecule has 37 heavy (non-hydrogen) atoms. The molecule has 2 aromatic carbocycles. The maximum atomic E-state index is 14.2. The number of para-hydroxylation sites is 1. The van der Waals surface area contributed by atoms with E-state index in [1.165, 1.54) is 13.0 Å². The normalized spacial score (nSPS) is 21.3. The standard InChI is InChI=1S/C27H33FN4O5/c1-16(12-30-27(35)21-8-4-5-10-25(21)37-18(3)33)32-14-20(11-24(32)26(29)34)36-17(2)31-13-19-7-6-9-23(28)22(19)15-31/h4-10,16-17,20,24H,11-15H2,1-3H3,(H2,29,34)(H,30,35)/t16-,17?,20?,24-/m0/s1. The molecule has 1 fully saturated rings. The number of primary amides is 1. The topological polar surface area (TPSA) is 114 Å². The van der Waals surface area contributed by atoms with Crippen molar-refractivity contribution in [3.63, 3.8) is 0 Å². The molecule has 0 spiro atoms. The maximum Gasteiger partial charge on any atom is 0.308 e. The first-order chi connectivity index (χ1) is 17.6. The summed E-state index contributed by atoms with van der Waals surface area (Å²) < 4.78 is 25.6. The fourth-order valence-corrected chi connectivity index (χ4v) is 5.07. The first kappa shape index (κ1) is 26.7. The molecule has 0 radical (unpaired) electrons. The Morgan fingerprint density at radius 2 is 1.89 bits per heavy atom. The summed E-state index contributed by atoms with van der Waals surface area (Å²) in [6.45, 7) is 6.88. The Hall–Kier alpha value is -3.34. The number of nitrogens with zero attached hydrogens (tertiary/aromatic N) is 2. The van der Waals surface area contributed by atoms with Gasteiger partial charge in [0.25, 0.3) is 5.91 Å². The largest absolute Gasteiger partial charge is 0.426 e. The lowest BCUT2D eigenvalue weighted by Gasteiger charge is -2.29. The van der Waals surface area contributed by atoms with Crippen LogP contribution in [0.2, 0.25) is 0 Å². The minimum absolute atomic E-state index is 0.183. The van der Waals surface area contributed by atoms with Crippen LogP contribution in [0.1, 0.15) is 48.7 Å². The number of halogens is 1. The van der Waals surface area contributed by atoms with E-state index in [-0.39, 0.29) is 48.0 Å². The molecule has 2 aliphatic rings. The van der Waals surface area contributed by atoms with E-state index >= 15 is 0 Å². The molecule has 4 rings (SSSR count). The number of fused-ring (bicyclic) bond motifs is 1. The molecule has 10 heteroatoms. The zero-order valence-corrected chi connectivity index (χ0v) is 21.3. The maximum absolute atomic E-state index is 14.2. The number of ether oxygens (including phenoxy) is 2. The van der Waals surface area contributed by atoms with Gasteiger partial charge in [0.1, 0.15) is 17.8 Å². The van der Waals surface area contributed by atoms with Crippen molar-refractivity contribution in [3.8, 4) is 5.75 Å². The molecular weight excluding hydrogens is 479 g/mol. The van der Waals surface area contributed by atoms with E-state index in [1.807, 2.05) is 24.8 Å². The van der Waals surface area contributed by atoms with Crippen molar-refractivity contribution in [1.82, 2.24) is 15.1 Å². The number of likely N-dealkylation sites (tertiary alicyclic amines) is 1. The van der Waals surface area contributed by atoms with Crippen molar-refractivity contribution in [2.75, 3.05) is 13.1 Å². The smallest absolute Gasteiger partial charge is 0.308 e. The van der Waals surface area contributed by atoms with Gasteiger partial charge in [0.2, 0.25) is 5.91 Å². The van der Waals surface area contributed by atoms with Gasteiger partial charge >= 0.3 is 5.97 Å². The summed E-state index contributed by atoms with van der Waals surface area (Å²) in [5.41, 5.74) is 7.60. The fraction of sp³-hybridized carbons (Fsp3) is 0.444. The first-order valence-corrected chi connectivity index (χ1v) is 12.4. The SMILES string of the molecule is CC(=O)Oc1ccccc1C(=O)NC[C@H](C)N1CC(OC(C)N2Cc3cccc(F)c3C2)C[C@H]1C(N)=O. The minimum atomic E-state index is -0.536. The average molecular weight is 513 g/mol. The van der Waals surface area contributed by atoms with Crippen LogP contribution in [0.4, 0.5) is 4.39 Å². The van der Waals surface area contributed by atoms with Gasteiger partial charge in [-0.2, -0.15) is 0 Å². The van der Waals surface area contributed by atoms with E-state index in [9.17, 15) is 18.8 Å². The second-order valence-electron chi connectivity index (χ2n) is 9.64. The van der Waals surface area contributed by atoms with E-state index in [0.29, 0.717) is 31.6 Å². The highest BCUT2D eigenvalue weighted by atomic mass is 19.1. The Balaban J connectivity index is 1.34. The Labute approximate surface area is 215 Å². The second-order valence-corrected chi connectivity index (χ2v) is 9.64. The van der Waals surface area contributed by atoms with Crippen molar-refractivity contribution in [1.29, 1.82) is 0 Å². The number of rotatable bonds is 9. The number of esters is 1. The number of hydrogen-bond acceptors (Lipinski definition) is 7. The van der Waals surface area contributed by atoms with Crippen LogP contribution in [-0.2, 0) is 27.4 Å². The monoisotopic (exact) mass is 512 g/mol. The van der Waals surface area contributed by atoms with E-state index in [1.54, 1.807) is 30.3 Å². The van der Waals surface area contributed by atoms with Crippen LogP contribution in [0.5, 0.6) is 5.75 Å². The average Bonchev–Trinajstić information content (AvgIpc) is 3.48. The van der Waals surface area contributed by atoms with E-state index in [4.69, 9.17) is 15.2 Å². The van der Waals surface area contributed by atoms with Gasteiger partial charge in [0.05, 0.1) is 17.7 Å². The molecule has 0 bridgehead atoms. The van der Waals surface area contributed by atoms with Crippen LogP contribution >= 0.6 is 0 Å². The molecule has 198 valence electrons. The molecule has 0 aliphatic carbocycles. The molecular formula is C27H33FN4O5. The number of hydrogen-bond donors (Lipinski definition) is 2. The third-order valence-electron chi connectivity index (χ3n) is 6.99. The highest BCUT2D eigenvalue weighted by molar-refractivity contribution is 5.97. The Morgan fingerprint density at radius 3 is 2.59 bits per heavy atom. The lowest BCUT2D eigenvalue weighted by molar-refractivity contribution is -0.131. The molecule has 2 heterocycles. The van der Waals surface area contributed by atoms with Crippen LogP contribution < -0.4 is 15.8 Å². The van der Waals surface area contributed by atoms with Gasteiger partial charge in [-0.05, 0) is 44.0 Å². The van der Waals surface area contributed by atoms with Crippen molar-refractivity contribution in [2.24, 2.45) is 5.73 Å². The van der Waals surface area contributed by atoms with Crippen molar-refractivity contribution >= 4 is 17.8 Å². The van der Waals surface area contributed by atoms with E-state index in [2.05, 4.69) is 10.2 Å². The van der Waals surface area contributed by atoms with Crippen molar-refractivity contribution in [2.45, 2.75) is 64.7 Å². The molecule has 2 aliphatic heterocycles. The van der Waals surface area contributed by atoms with Crippen LogP contribution in [0.3, 0.4) is 0 Å². The van der Waals surface area contributed by atoms with Gasteiger partial charge in [-0.15, -0.1) is 0 Å². The van der Waals surface area contributed by atoms with Crippen LogP contribution in [-0.4, -0.2) is 65.1 Å². The lowest BCUT2D eigenvalue weighted by atomic mass is 10.1. The number of benzene rings is 2. The summed E-state index contributed by atoms with van der Waals surface area (Å²) >= 11 is 0. The van der Waals surface area contributed by atoms with Gasteiger partial charge in [-0.25, -0.2) is 4.39 Å². The number of nitrogens with two attached hydrogens (primary N) is 1. The molecule has 4 atom stereocenters. The number of carbonyl (C=O) groups excluding carboxylic acids is 3. The molecule has 0 aromatic heterocycles. The fourth-order valence-electron chi connectivity index (χ4n) is 5.07. The zero-order chi connectivity index (χ0) is 26.7. The Bertz CT molecular complexity index is 1180. The number of nitrogens with one attached hydrogen (secondary N) is 1. The highest BCUT2D eigenvalue weighted by Crippen LogP contribution is 2.29. The quantitative estimate of drug-likeness (QED) is 0.391. The van der Waals surface area contributed by atoms with Crippen LogP contribution in [0.25, 0.3) is 0 Å². The summed E-state index contributed by atoms with van der Waals surface area (Å²) in [4.78, 5) is 40.4. The van der Waals surface area contributed by atoms with E-state index < -0.39 is 17.9 Å². The predicted molar refractivity (Wildman–Crippen MR) is 134 cm³/mol. The van der Waals surface area contributed by atoms with Gasteiger partial charge in [-0.1, -0.05) is 24.3 Å². The van der Waals surface area contributed by atoms with Gasteiger partial charge in [-0.3, -0.25) is 24.2 Å².